The molecule has 1 atom stereocenters. The average Bonchev–Trinajstić information content (AvgIpc) is 2.68. The number of sulfone groups is 1. The van der Waals surface area contributed by atoms with Crippen LogP contribution in [0, 0.1) is 0 Å². The van der Waals surface area contributed by atoms with Gasteiger partial charge >= 0.3 is 0 Å². The second-order valence-electron chi connectivity index (χ2n) is 7.18. The Morgan fingerprint density at radius 2 is 1.81 bits per heavy atom. The van der Waals surface area contributed by atoms with Crippen LogP contribution in [0.4, 0.5) is 0 Å². The third-order valence-electron chi connectivity index (χ3n) is 4.88. The molecule has 2 N–H and O–H groups in total. The Morgan fingerprint density at radius 1 is 1.15 bits per heavy atom. The molecule has 0 aromatic heterocycles. The number of rotatable bonds is 7. The van der Waals surface area contributed by atoms with Crippen molar-refractivity contribution in [2.24, 2.45) is 0 Å². The molecule has 0 radical (unpaired) electrons. The van der Waals surface area contributed by atoms with Crippen LogP contribution < -0.4 is 5.32 Å². The van der Waals surface area contributed by atoms with Crippen molar-refractivity contribution < 1.29 is 13.5 Å². The van der Waals surface area contributed by atoms with Crippen LogP contribution >= 0.6 is 0 Å². The average molecular weight is 390 g/mol. The molecule has 0 fully saturated rings. The number of fused-ring (bicyclic) bond motifs is 1. The highest BCUT2D eigenvalue weighted by Crippen LogP contribution is 2.37. The molecule has 0 spiro atoms. The normalized spacial score (nSPS) is 21.7. The Bertz CT molecular complexity index is 816. The molecule has 1 aliphatic heterocycles. The number of nitrogens with one attached hydrogen (secondary N) is 1. The molecule has 0 aliphatic carbocycles. The Hall–Kier alpha value is -1.85. The summed E-state index contributed by atoms with van der Waals surface area (Å²) in [7, 11) is -3.51. The van der Waals surface area contributed by atoms with Gasteiger partial charge in [0, 0.05) is 5.54 Å². The molecule has 148 valence electrons. The van der Waals surface area contributed by atoms with Crippen molar-refractivity contribution in [3.05, 3.63) is 60.2 Å². The minimum atomic E-state index is -3.51. The van der Waals surface area contributed by atoms with E-state index in [0.717, 1.165) is 25.7 Å². The highest BCUT2D eigenvalue weighted by atomic mass is 32.2. The minimum absolute atomic E-state index is 0.0217. The van der Waals surface area contributed by atoms with Crippen LogP contribution in [-0.2, 0) is 9.84 Å². The van der Waals surface area contributed by atoms with Gasteiger partial charge in [0.15, 0.2) is 9.84 Å². The number of aromatic hydroxyl groups is 1. The van der Waals surface area contributed by atoms with Crippen LogP contribution in [0.5, 0.6) is 5.75 Å². The van der Waals surface area contributed by atoms with Gasteiger partial charge in [-0.1, -0.05) is 69.2 Å². The van der Waals surface area contributed by atoms with Crippen LogP contribution in [0.15, 0.2) is 59.6 Å². The van der Waals surface area contributed by atoms with E-state index in [0.29, 0.717) is 5.56 Å². The molecule has 0 amide bonds. The van der Waals surface area contributed by atoms with E-state index in [2.05, 4.69) is 19.2 Å². The zero-order valence-corrected chi connectivity index (χ0v) is 17.3. The first kappa shape index (κ1) is 21.5. The van der Waals surface area contributed by atoms with Crippen molar-refractivity contribution >= 4 is 9.84 Å². The topological polar surface area (TPSA) is 66.4 Å². The lowest BCUT2D eigenvalue weighted by Gasteiger charge is -2.35. The Kier molecular flexibility index (Phi) is 7.45. The summed E-state index contributed by atoms with van der Waals surface area (Å²) in [5.41, 5.74) is 0.219. The highest BCUT2D eigenvalue weighted by molar-refractivity contribution is 7.91. The first-order valence-corrected chi connectivity index (χ1v) is 11.3. The van der Waals surface area contributed by atoms with Gasteiger partial charge < -0.3 is 10.4 Å². The summed E-state index contributed by atoms with van der Waals surface area (Å²) < 4.78 is 26.3. The van der Waals surface area contributed by atoms with Gasteiger partial charge in [-0.05, 0) is 37.5 Å². The predicted octanol–water partition coefficient (Wildman–Crippen LogP) is 4.84. The zero-order chi connectivity index (χ0) is 19.9. The van der Waals surface area contributed by atoms with Crippen LogP contribution in [0.1, 0.15) is 58.1 Å². The van der Waals surface area contributed by atoms with E-state index in [-0.39, 0.29) is 22.4 Å². The van der Waals surface area contributed by atoms with Gasteiger partial charge in [0.1, 0.15) is 5.75 Å². The standard InChI is InChI=1S/C22H31NO3S/c1-4-7-8-9-10-11-20-19-13-12-18(24)16-21(19)27(25,26)17-22(23-20,14-5-2)15-6-3/h4,7-13,16,20,23-24H,5-6,14-15,17H2,1-3H3. The maximum atomic E-state index is 13.2. The number of hydrogen-bond donors (Lipinski definition) is 2. The summed E-state index contributed by atoms with van der Waals surface area (Å²) in [5.74, 6) is 0.0307. The van der Waals surface area contributed by atoms with Gasteiger partial charge in [-0.2, -0.15) is 0 Å². The summed E-state index contributed by atoms with van der Waals surface area (Å²) in [5, 5.41) is 13.5. The molecule has 0 bridgehead atoms. The van der Waals surface area contributed by atoms with Gasteiger partial charge in [-0.3, -0.25) is 0 Å². The van der Waals surface area contributed by atoms with E-state index < -0.39 is 15.4 Å². The van der Waals surface area contributed by atoms with Crippen LogP contribution in [0.3, 0.4) is 0 Å². The van der Waals surface area contributed by atoms with Gasteiger partial charge in [0.2, 0.25) is 0 Å². The zero-order valence-electron chi connectivity index (χ0n) is 16.5. The lowest BCUT2D eigenvalue weighted by molar-refractivity contribution is 0.290. The third kappa shape index (κ3) is 5.33. The molecule has 1 aromatic rings. The van der Waals surface area contributed by atoms with Crippen molar-refractivity contribution in [1.82, 2.24) is 5.32 Å². The largest absolute Gasteiger partial charge is 0.508 e. The molecule has 0 saturated heterocycles. The molecule has 2 rings (SSSR count). The molecular weight excluding hydrogens is 358 g/mol. The van der Waals surface area contributed by atoms with Crippen molar-refractivity contribution in [2.45, 2.75) is 62.9 Å². The van der Waals surface area contributed by atoms with E-state index in [1.807, 2.05) is 43.4 Å². The lowest BCUT2D eigenvalue weighted by Crippen LogP contribution is -2.49. The summed E-state index contributed by atoms with van der Waals surface area (Å²) in [6, 6.07) is 4.43. The maximum Gasteiger partial charge on any atom is 0.180 e. The van der Waals surface area contributed by atoms with Crippen molar-refractivity contribution in [1.29, 1.82) is 0 Å². The second kappa shape index (κ2) is 9.38. The van der Waals surface area contributed by atoms with Crippen LogP contribution in [0.25, 0.3) is 0 Å². The summed E-state index contributed by atoms with van der Waals surface area (Å²) in [6.45, 7) is 6.12. The molecule has 5 heteroatoms. The quantitative estimate of drug-likeness (QED) is 0.655. The SMILES string of the molecule is CC=CC=CC=CC1NC(CCC)(CCC)CS(=O)(=O)c2cc(O)ccc21. The van der Waals surface area contributed by atoms with E-state index in [4.69, 9.17) is 0 Å². The summed E-state index contributed by atoms with van der Waals surface area (Å²) in [6.07, 6.45) is 15.1. The van der Waals surface area contributed by atoms with E-state index in [1.165, 1.54) is 6.07 Å². The molecule has 4 nitrogen and oxygen atoms in total. The molecular formula is C22H31NO3S. The molecule has 1 unspecified atom stereocenters. The molecule has 1 aliphatic rings. The smallest absolute Gasteiger partial charge is 0.180 e. The minimum Gasteiger partial charge on any atom is -0.508 e. The van der Waals surface area contributed by atoms with E-state index >= 15 is 0 Å². The first-order chi connectivity index (χ1) is 12.9. The predicted molar refractivity (Wildman–Crippen MR) is 112 cm³/mol. The first-order valence-electron chi connectivity index (χ1n) is 9.67. The highest BCUT2D eigenvalue weighted by Gasteiger charge is 2.41. The Labute approximate surface area is 163 Å². The Morgan fingerprint density at radius 3 is 2.44 bits per heavy atom. The van der Waals surface area contributed by atoms with Crippen molar-refractivity contribution in [3.8, 4) is 5.75 Å². The number of benzene rings is 1. The van der Waals surface area contributed by atoms with Crippen LogP contribution in [-0.4, -0.2) is 24.8 Å². The summed E-state index contributed by atoms with van der Waals surface area (Å²) in [4.78, 5) is 0.233. The summed E-state index contributed by atoms with van der Waals surface area (Å²) >= 11 is 0. The second-order valence-corrected chi connectivity index (χ2v) is 9.14. The van der Waals surface area contributed by atoms with E-state index in [1.54, 1.807) is 12.1 Å². The molecule has 1 heterocycles. The monoisotopic (exact) mass is 389 g/mol. The fourth-order valence-corrected chi connectivity index (χ4v) is 5.99. The van der Waals surface area contributed by atoms with E-state index in [9.17, 15) is 13.5 Å². The lowest BCUT2D eigenvalue weighted by atomic mass is 9.88. The van der Waals surface area contributed by atoms with Crippen molar-refractivity contribution in [2.75, 3.05) is 5.75 Å². The fourth-order valence-electron chi connectivity index (χ4n) is 3.88. The van der Waals surface area contributed by atoms with Gasteiger partial charge in [0.25, 0.3) is 0 Å². The van der Waals surface area contributed by atoms with Gasteiger partial charge in [-0.25, -0.2) is 8.42 Å². The number of phenols is 1. The maximum absolute atomic E-state index is 13.2. The fraction of sp³-hybridized carbons (Fsp3) is 0.455. The molecule has 27 heavy (non-hydrogen) atoms. The number of phenolic OH excluding ortho intramolecular Hbond substituents is 1. The van der Waals surface area contributed by atoms with Crippen molar-refractivity contribution in [3.63, 3.8) is 0 Å². The number of allylic oxidation sites excluding steroid dienone is 5. The molecule has 0 saturated carbocycles. The van der Waals surface area contributed by atoms with Gasteiger partial charge in [0.05, 0.1) is 16.7 Å². The number of hydrogen-bond acceptors (Lipinski definition) is 4. The van der Waals surface area contributed by atoms with Gasteiger partial charge in [-0.15, -0.1) is 0 Å². The Balaban J connectivity index is 2.56. The molecule has 1 aromatic carbocycles. The third-order valence-corrected chi connectivity index (χ3v) is 6.84. The van der Waals surface area contributed by atoms with Crippen LogP contribution in [0.2, 0.25) is 0 Å².